The molecule has 0 saturated heterocycles. The Hall–Kier alpha value is -2.51. The Morgan fingerprint density at radius 1 is 1.22 bits per heavy atom. The number of nitrogens with one attached hydrogen (secondary N) is 2. The molecule has 0 saturated carbocycles. The molecule has 4 rings (SSSR count). The van der Waals surface area contributed by atoms with Crippen molar-refractivity contribution in [3.05, 3.63) is 70.7 Å². The van der Waals surface area contributed by atoms with Gasteiger partial charge in [0.15, 0.2) is 0 Å². The minimum Gasteiger partial charge on any atom is -0.354 e. The van der Waals surface area contributed by atoms with Gasteiger partial charge in [0.2, 0.25) is 5.91 Å². The van der Waals surface area contributed by atoms with Crippen LogP contribution in [0.15, 0.2) is 36.4 Å². The largest absolute Gasteiger partial charge is 0.354 e. The van der Waals surface area contributed by atoms with Gasteiger partial charge in [0.1, 0.15) is 28.9 Å². The summed E-state index contributed by atoms with van der Waals surface area (Å²) in [6.07, 6.45) is 1.76. The second-order valence-corrected chi connectivity index (χ2v) is 8.56. The minimum absolute atomic E-state index is 0.178. The van der Waals surface area contributed by atoms with E-state index in [2.05, 4.69) is 17.2 Å². The fourth-order valence-corrected chi connectivity index (χ4v) is 4.90. The van der Waals surface area contributed by atoms with Gasteiger partial charge >= 0.3 is 0 Å². The lowest BCUT2D eigenvalue weighted by molar-refractivity contribution is -0.138. The van der Waals surface area contributed by atoms with Gasteiger partial charge in [-0.2, -0.15) is 0 Å². The van der Waals surface area contributed by atoms with E-state index in [-0.39, 0.29) is 17.3 Å². The molecule has 2 N–H and O–H groups in total. The Morgan fingerprint density at radius 2 is 1.94 bits per heavy atom. The number of hydrogen-bond acceptors (Lipinski definition) is 2. The van der Waals surface area contributed by atoms with Gasteiger partial charge in [-0.15, -0.1) is 11.6 Å². The van der Waals surface area contributed by atoms with E-state index in [0.717, 1.165) is 24.5 Å². The van der Waals surface area contributed by atoms with E-state index < -0.39 is 29.2 Å². The van der Waals surface area contributed by atoms with E-state index in [1.807, 2.05) is 6.92 Å². The van der Waals surface area contributed by atoms with E-state index in [0.29, 0.717) is 29.6 Å². The van der Waals surface area contributed by atoms with Gasteiger partial charge in [0, 0.05) is 23.6 Å². The number of amides is 1. The van der Waals surface area contributed by atoms with Crippen LogP contribution in [0.25, 0.3) is 10.9 Å². The number of unbranched alkanes of at least 4 members (excludes halogenated alkanes) is 1. The van der Waals surface area contributed by atoms with Crippen LogP contribution in [0.3, 0.4) is 0 Å². The highest BCUT2D eigenvalue weighted by molar-refractivity contribution is 6.27. The molecule has 4 nitrogen and oxygen atoms in total. The average molecular weight is 464 g/mol. The summed E-state index contributed by atoms with van der Waals surface area (Å²) in [5.41, 5.74) is 0.984. The number of nitrogens with zero attached hydrogens (tertiary/aromatic N) is 1. The summed E-state index contributed by atoms with van der Waals surface area (Å²) >= 11 is 6.00. The monoisotopic (exact) mass is 463 g/mol. The number of fused-ring (bicyclic) bond motifs is 3. The molecule has 2 aromatic carbocycles. The third-order valence-electron chi connectivity index (χ3n) is 6.31. The maximum absolute atomic E-state index is 14.7. The van der Waals surface area contributed by atoms with Gasteiger partial charge < -0.3 is 9.88 Å². The van der Waals surface area contributed by atoms with Gasteiger partial charge in [-0.1, -0.05) is 25.5 Å². The highest BCUT2D eigenvalue weighted by Gasteiger charge is 2.48. The first-order valence-electron chi connectivity index (χ1n) is 10.7. The molecular weight excluding hydrogens is 439 g/mol. The molecule has 2 atom stereocenters. The lowest BCUT2D eigenvalue weighted by atomic mass is 9.79. The van der Waals surface area contributed by atoms with Crippen LogP contribution in [0.5, 0.6) is 0 Å². The summed E-state index contributed by atoms with van der Waals surface area (Å²) in [7, 11) is 0. The number of aromatic nitrogens is 1. The van der Waals surface area contributed by atoms with Gasteiger partial charge in [-0.05, 0) is 49.2 Å². The Bertz CT molecular complexity index is 1150. The number of halogens is 4. The number of benzene rings is 2. The van der Waals surface area contributed by atoms with Gasteiger partial charge in [0.05, 0.1) is 11.7 Å². The summed E-state index contributed by atoms with van der Waals surface area (Å²) in [5.74, 6) is -2.35. The van der Waals surface area contributed by atoms with Crippen molar-refractivity contribution in [2.24, 2.45) is 0 Å². The number of rotatable bonds is 6. The second-order valence-electron chi connectivity index (χ2n) is 8.29. The van der Waals surface area contributed by atoms with Gasteiger partial charge in [0.25, 0.3) is 0 Å². The van der Waals surface area contributed by atoms with Crippen molar-refractivity contribution in [1.29, 1.82) is 0 Å². The van der Waals surface area contributed by atoms with E-state index in [4.69, 9.17) is 11.6 Å². The van der Waals surface area contributed by atoms with E-state index in [9.17, 15) is 18.0 Å². The summed E-state index contributed by atoms with van der Waals surface area (Å²) in [6, 6.07) is 7.98. The number of hydrogen-bond donors (Lipinski definition) is 2. The molecule has 0 bridgehead atoms. The summed E-state index contributed by atoms with van der Waals surface area (Å²) in [4.78, 5) is 17.9. The summed E-state index contributed by atoms with van der Waals surface area (Å²) in [6.45, 7) is 4.55. The Balaban J connectivity index is 1.99. The van der Waals surface area contributed by atoms with Crippen molar-refractivity contribution in [3.8, 4) is 0 Å². The van der Waals surface area contributed by atoms with E-state index >= 15 is 0 Å². The van der Waals surface area contributed by atoms with Gasteiger partial charge in [-0.25, -0.2) is 13.2 Å². The predicted molar refractivity (Wildman–Crippen MR) is 119 cm³/mol. The first-order valence-corrected chi connectivity index (χ1v) is 11.2. The van der Waals surface area contributed by atoms with Crippen molar-refractivity contribution in [2.75, 3.05) is 12.4 Å². The number of H-pyrrole nitrogens is 1. The SMILES string of the molecule is CCCCNC1Cc2c([nH]c3c(F)cc(F)cc23)C(C)(c2ccc(F)cc2)N1C(=O)CCl. The van der Waals surface area contributed by atoms with Crippen LogP contribution in [-0.2, 0) is 16.8 Å². The van der Waals surface area contributed by atoms with Crippen LogP contribution in [0.2, 0.25) is 0 Å². The minimum atomic E-state index is -1.11. The van der Waals surface area contributed by atoms with Crippen molar-refractivity contribution >= 4 is 28.4 Å². The molecule has 1 aliphatic heterocycles. The maximum Gasteiger partial charge on any atom is 0.239 e. The first kappa shape index (κ1) is 22.7. The van der Waals surface area contributed by atoms with Crippen molar-refractivity contribution in [2.45, 2.75) is 44.8 Å². The maximum atomic E-state index is 14.7. The van der Waals surface area contributed by atoms with E-state index in [1.165, 1.54) is 18.2 Å². The van der Waals surface area contributed by atoms with Crippen molar-refractivity contribution in [3.63, 3.8) is 0 Å². The quantitative estimate of drug-likeness (QED) is 0.390. The van der Waals surface area contributed by atoms with Crippen LogP contribution >= 0.6 is 11.6 Å². The molecule has 1 amide bonds. The number of carbonyl (C=O) groups excluding carboxylic acids is 1. The third kappa shape index (κ3) is 3.67. The molecule has 0 aliphatic carbocycles. The Kier molecular flexibility index (Phi) is 6.23. The lowest BCUT2D eigenvalue weighted by Gasteiger charge is -2.49. The zero-order valence-electron chi connectivity index (χ0n) is 17.9. The molecule has 2 heterocycles. The smallest absolute Gasteiger partial charge is 0.239 e. The fraction of sp³-hybridized carbons (Fsp3) is 0.375. The predicted octanol–water partition coefficient (Wildman–Crippen LogP) is 5.19. The Morgan fingerprint density at radius 3 is 2.59 bits per heavy atom. The van der Waals surface area contributed by atoms with Crippen LogP contribution < -0.4 is 5.32 Å². The first-order chi connectivity index (χ1) is 15.3. The number of alkyl halides is 1. The molecule has 1 aliphatic rings. The number of aromatic amines is 1. The molecule has 2 unspecified atom stereocenters. The van der Waals surface area contributed by atoms with Crippen molar-refractivity contribution in [1.82, 2.24) is 15.2 Å². The van der Waals surface area contributed by atoms with Crippen LogP contribution in [0, 0.1) is 17.5 Å². The molecular formula is C24H25ClF3N3O. The van der Waals surface area contributed by atoms with Crippen LogP contribution in [-0.4, -0.2) is 34.4 Å². The molecule has 32 heavy (non-hydrogen) atoms. The van der Waals surface area contributed by atoms with Crippen molar-refractivity contribution < 1.29 is 18.0 Å². The molecule has 0 fully saturated rings. The fourth-order valence-electron chi connectivity index (χ4n) is 4.77. The summed E-state index contributed by atoms with van der Waals surface area (Å²) in [5, 5.41) is 3.86. The number of carbonyl (C=O) groups is 1. The Labute approximate surface area is 189 Å². The average Bonchev–Trinajstić information content (AvgIpc) is 3.13. The highest BCUT2D eigenvalue weighted by atomic mass is 35.5. The molecule has 0 radical (unpaired) electrons. The van der Waals surface area contributed by atoms with Crippen LogP contribution in [0.4, 0.5) is 13.2 Å². The topological polar surface area (TPSA) is 48.1 Å². The standard InChI is InChI=1S/C24H25ClF3N3O/c1-3-4-9-29-20-12-18-17-10-16(27)11-19(28)22(17)30-23(18)24(2,31(20)21(32)13-25)14-5-7-15(26)8-6-14/h5-8,10-11,20,29-30H,3-4,9,12-13H2,1-2H3. The molecule has 8 heteroatoms. The lowest BCUT2D eigenvalue weighted by Crippen LogP contribution is -2.62. The second kappa shape index (κ2) is 8.79. The van der Waals surface area contributed by atoms with Crippen LogP contribution in [0.1, 0.15) is 43.5 Å². The van der Waals surface area contributed by atoms with E-state index in [1.54, 1.807) is 17.0 Å². The van der Waals surface area contributed by atoms with Gasteiger partial charge in [-0.3, -0.25) is 10.1 Å². The molecule has 3 aromatic rings. The third-order valence-corrected chi connectivity index (χ3v) is 6.54. The molecule has 0 spiro atoms. The highest BCUT2D eigenvalue weighted by Crippen LogP contribution is 2.45. The molecule has 170 valence electrons. The summed E-state index contributed by atoms with van der Waals surface area (Å²) < 4.78 is 42.5. The normalized spacial score (nSPS) is 20.6. The zero-order chi connectivity index (χ0) is 23.0. The zero-order valence-corrected chi connectivity index (χ0v) is 18.7. The molecule has 1 aromatic heterocycles.